The zero-order chi connectivity index (χ0) is 13.2. The summed E-state index contributed by atoms with van der Waals surface area (Å²) in [5.41, 5.74) is 0.802. The van der Waals surface area contributed by atoms with Gasteiger partial charge >= 0.3 is 5.97 Å². The minimum atomic E-state index is -0.225. The van der Waals surface area contributed by atoms with E-state index in [9.17, 15) is 9.70 Å². The normalized spacial score (nSPS) is 24.3. The lowest BCUT2D eigenvalue weighted by Gasteiger charge is -2.05. The molecule has 0 radical (unpaired) electrons. The molecule has 0 aromatic heterocycles. The molecule has 96 valence electrons. The molecule has 4 nitrogen and oxygen atoms in total. The van der Waals surface area contributed by atoms with Gasteiger partial charge in [-0.1, -0.05) is 49.4 Å². The Morgan fingerprint density at radius 3 is 2.61 bits per heavy atom. The number of esters is 1. The molecule has 2 unspecified atom stereocenters. The average molecular weight is 247 g/mol. The SMILES string of the molecule is CC1(C)C(CN=O)C1C(=O)OCc1ccccc1. The molecule has 2 atom stereocenters. The second kappa shape index (κ2) is 4.88. The second-order valence-electron chi connectivity index (χ2n) is 5.31. The second-order valence-corrected chi connectivity index (χ2v) is 5.31. The summed E-state index contributed by atoms with van der Waals surface area (Å²) in [6.07, 6.45) is 0. The van der Waals surface area contributed by atoms with Crippen LogP contribution in [0.5, 0.6) is 0 Å². The molecule has 1 aliphatic rings. The molecule has 0 aliphatic heterocycles. The molecule has 0 heterocycles. The van der Waals surface area contributed by atoms with Crippen molar-refractivity contribution in [3.63, 3.8) is 0 Å². The molecule has 0 bridgehead atoms. The van der Waals surface area contributed by atoms with Gasteiger partial charge in [0.1, 0.15) is 6.61 Å². The highest BCUT2D eigenvalue weighted by atomic mass is 16.5. The van der Waals surface area contributed by atoms with Crippen LogP contribution < -0.4 is 0 Å². The van der Waals surface area contributed by atoms with E-state index >= 15 is 0 Å². The first-order valence-electron chi connectivity index (χ1n) is 6.07. The lowest BCUT2D eigenvalue weighted by molar-refractivity contribution is -0.147. The highest BCUT2D eigenvalue weighted by molar-refractivity contribution is 5.77. The molecule has 1 aromatic carbocycles. The molecule has 1 aromatic rings. The number of nitrogens with zero attached hydrogens (tertiary/aromatic N) is 1. The first-order chi connectivity index (χ1) is 8.57. The van der Waals surface area contributed by atoms with E-state index < -0.39 is 0 Å². The van der Waals surface area contributed by atoms with Crippen LogP contribution in [-0.2, 0) is 16.1 Å². The summed E-state index contributed by atoms with van der Waals surface area (Å²) in [6.45, 7) is 4.42. The van der Waals surface area contributed by atoms with Crippen molar-refractivity contribution in [1.82, 2.24) is 0 Å². The molecule has 1 aliphatic carbocycles. The van der Waals surface area contributed by atoms with Crippen LogP contribution in [0.15, 0.2) is 35.5 Å². The predicted molar refractivity (Wildman–Crippen MR) is 67.7 cm³/mol. The average Bonchev–Trinajstić information content (AvgIpc) is 2.90. The maximum atomic E-state index is 11.9. The number of benzene rings is 1. The van der Waals surface area contributed by atoms with Crippen LogP contribution in [-0.4, -0.2) is 12.5 Å². The lowest BCUT2D eigenvalue weighted by atomic mass is 10.1. The number of rotatable bonds is 5. The van der Waals surface area contributed by atoms with Crippen LogP contribution in [0, 0.1) is 22.2 Å². The monoisotopic (exact) mass is 247 g/mol. The van der Waals surface area contributed by atoms with Crippen LogP contribution >= 0.6 is 0 Å². The Balaban J connectivity index is 1.88. The van der Waals surface area contributed by atoms with Gasteiger partial charge in [-0.2, -0.15) is 4.91 Å². The van der Waals surface area contributed by atoms with Gasteiger partial charge in [0, 0.05) is 5.92 Å². The molecule has 1 fully saturated rings. The molecule has 1 saturated carbocycles. The van der Waals surface area contributed by atoms with E-state index in [1.165, 1.54) is 0 Å². The maximum Gasteiger partial charge on any atom is 0.310 e. The smallest absolute Gasteiger partial charge is 0.310 e. The molecule has 18 heavy (non-hydrogen) atoms. The number of hydrogen-bond acceptors (Lipinski definition) is 4. The standard InChI is InChI=1S/C14H17NO3/c1-14(2)11(8-15-17)12(14)13(16)18-9-10-6-4-3-5-7-10/h3-7,11-12H,8-9H2,1-2H3. The van der Waals surface area contributed by atoms with Crippen molar-refractivity contribution in [2.45, 2.75) is 20.5 Å². The van der Waals surface area contributed by atoms with Crippen LogP contribution in [0.4, 0.5) is 0 Å². The van der Waals surface area contributed by atoms with Crippen molar-refractivity contribution in [2.24, 2.45) is 22.4 Å². The van der Waals surface area contributed by atoms with Gasteiger partial charge in [-0.15, -0.1) is 0 Å². The van der Waals surface area contributed by atoms with Gasteiger partial charge in [0.25, 0.3) is 0 Å². The fraction of sp³-hybridized carbons (Fsp3) is 0.500. The molecular formula is C14H17NO3. The Kier molecular flexibility index (Phi) is 3.45. The maximum absolute atomic E-state index is 11.9. The van der Waals surface area contributed by atoms with Crippen LogP contribution in [0.25, 0.3) is 0 Å². The number of carbonyl (C=O) groups excluding carboxylic acids is 1. The van der Waals surface area contributed by atoms with E-state index in [1.807, 2.05) is 44.2 Å². The summed E-state index contributed by atoms with van der Waals surface area (Å²) in [6, 6.07) is 9.55. The van der Waals surface area contributed by atoms with E-state index in [4.69, 9.17) is 4.74 Å². The Bertz CT molecular complexity index is 442. The van der Waals surface area contributed by atoms with Crippen LogP contribution in [0.1, 0.15) is 19.4 Å². The summed E-state index contributed by atoms with van der Waals surface area (Å²) in [5.74, 6) is -0.394. The molecule has 0 N–H and O–H groups in total. The predicted octanol–water partition coefficient (Wildman–Crippen LogP) is 2.77. The van der Waals surface area contributed by atoms with Gasteiger partial charge in [-0.3, -0.25) is 4.79 Å². The first-order valence-corrected chi connectivity index (χ1v) is 6.07. The minimum Gasteiger partial charge on any atom is -0.461 e. The van der Waals surface area contributed by atoms with Crippen molar-refractivity contribution in [2.75, 3.05) is 6.54 Å². The lowest BCUT2D eigenvalue weighted by Crippen LogP contribution is -2.10. The molecule has 4 heteroatoms. The molecule has 2 rings (SSSR count). The Labute approximate surface area is 106 Å². The summed E-state index contributed by atoms with van der Waals surface area (Å²) in [4.78, 5) is 22.2. The molecular weight excluding hydrogens is 230 g/mol. The van der Waals surface area contributed by atoms with E-state index in [-0.39, 0.29) is 36.4 Å². The summed E-state index contributed by atoms with van der Waals surface area (Å²) in [7, 11) is 0. The van der Waals surface area contributed by atoms with E-state index in [2.05, 4.69) is 5.18 Å². The van der Waals surface area contributed by atoms with Crippen LogP contribution in [0.3, 0.4) is 0 Å². The van der Waals surface area contributed by atoms with Gasteiger partial charge in [0.2, 0.25) is 0 Å². The Morgan fingerprint density at radius 1 is 1.33 bits per heavy atom. The molecule has 0 spiro atoms. The van der Waals surface area contributed by atoms with Gasteiger partial charge in [0.15, 0.2) is 0 Å². The largest absolute Gasteiger partial charge is 0.461 e. The number of ether oxygens (including phenoxy) is 1. The van der Waals surface area contributed by atoms with Gasteiger partial charge in [-0.25, -0.2) is 0 Å². The Morgan fingerprint density at radius 2 is 2.00 bits per heavy atom. The Hall–Kier alpha value is -1.71. The van der Waals surface area contributed by atoms with Crippen molar-refractivity contribution < 1.29 is 9.53 Å². The van der Waals surface area contributed by atoms with Crippen molar-refractivity contribution in [3.05, 3.63) is 40.8 Å². The first kappa shape index (κ1) is 12.7. The zero-order valence-electron chi connectivity index (χ0n) is 10.6. The fourth-order valence-corrected chi connectivity index (χ4v) is 2.45. The minimum absolute atomic E-state index is 0.0262. The summed E-state index contributed by atoms with van der Waals surface area (Å²) < 4.78 is 5.28. The van der Waals surface area contributed by atoms with Crippen molar-refractivity contribution in [1.29, 1.82) is 0 Å². The van der Waals surface area contributed by atoms with E-state index in [1.54, 1.807) is 0 Å². The molecule has 0 saturated heterocycles. The number of carbonyl (C=O) groups is 1. The third-order valence-electron chi connectivity index (χ3n) is 3.80. The fourth-order valence-electron chi connectivity index (χ4n) is 2.45. The molecule has 0 amide bonds. The van der Waals surface area contributed by atoms with Gasteiger partial charge in [-0.05, 0) is 11.0 Å². The van der Waals surface area contributed by atoms with Crippen LogP contribution in [0.2, 0.25) is 0 Å². The van der Waals surface area contributed by atoms with Crippen molar-refractivity contribution in [3.8, 4) is 0 Å². The summed E-state index contributed by atoms with van der Waals surface area (Å²) >= 11 is 0. The zero-order valence-corrected chi connectivity index (χ0v) is 10.6. The van der Waals surface area contributed by atoms with Gasteiger partial charge < -0.3 is 4.74 Å². The third kappa shape index (κ3) is 2.42. The quantitative estimate of drug-likeness (QED) is 0.594. The highest BCUT2D eigenvalue weighted by Gasteiger charge is 2.62. The topological polar surface area (TPSA) is 55.7 Å². The van der Waals surface area contributed by atoms with Gasteiger partial charge in [0.05, 0.1) is 12.5 Å². The van der Waals surface area contributed by atoms with Crippen molar-refractivity contribution >= 4 is 5.97 Å². The van der Waals surface area contributed by atoms with E-state index in [0.29, 0.717) is 0 Å². The third-order valence-corrected chi connectivity index (χ3v) is 3.80. The number of nitroso groups, excluding NO2 is 1. The summed E-state index contributed by atoms with van der Waals surface area (Å²) in [5, 5.41) is 2.89. The number of hydrogen-bond donors (Lipinski definition) is 0. The van der Waals surface area contributed by atoms with E-state index in [0.717, 1.165) is 5.56 Å². The highest BCUT2D eigenvalue weighted by Crippen LogP contribution is 2.58.